The van der Waals surface area contributed by atoms with E-state index in [0.29, 0.717) is 0 Å². The number of rotatable bonds is 5. The molecule has 1 aromatic carbocycles. The Balaban J connectivity index is 0.00000106. The molecule has 0 aliphatic heterocycles. The molecule has 0 saturated heterocycles. The molecule has 0 fully saturated rings. The van der Waals surface area contributed by atoms with Crippen molar-refractivity contribution in [2.45, 2.75) is 32.7 Å². The van der Waals surface area contributed by atoms with Gasteiger partial charge >= 0.3 is 0 Å². The minimum Gasteiger partial charge on any atom is -0.368 e. The summed E-state index contributed by atoms with van der Waals surface area (Å²) in [6.45, 7) is 4.00. The highest BCUT2D eigenvalue weighted by molar-refractivity contribution is 5.79. The van der Waals surface area contributed by atoms with Gasteiger partial charge in [-0.1, -0.05) is 44.2 Å². The molecule has 1 rings (SSSR count). The molecule has 1 amide bonds. The van der Waals surface area contributed by atoms with E-state index in [1.807, 2.05) is 44.2 Å². The number of nitrogens with one attached hydrogen (secondary N) is 1. The molecule has 0 spiro atoms. The van der Waals surface area contributed by atoms with Gasteiger partial charge in [0.05, 0.1) is 6.04 Å². The van der Waals surface area contributed by atoms with E-state index >= 15 is 0 Å². The molecule has 0 aromatic heterocycles. The average Bonchev–Trinajstić information content (AvgIpc) is 2.33. The molecule has 90 valence electrons. The quantitative estimate of drug-likeness (QED) is 0.797. The number of carbonyl (C=O) groups is 1. The Hall–Kier alpha value is -1.35. The van der Waals surface area contributed by atoms with E-state index in [2.05, 4.69) is 5.32 Å². The van der Waals surface area contributed by atoms with Gasteiger partial charge in [0, 0.05) is 0 Å². The van der Waals surface area contributed by atoms with Gasteiger partial charge in [-0.15, -0.1) is 0 Å². The first-order valence-corrected chi connectivity index (χ1v) is 5.74. The highest BCUT2D eigenvalue weighted by Gasteiger charge is 2.11. The molecule has 0 unspecified atom stereocenters. The van der Waals surface area contributed by atoms with Crippen molar-refractivity contribution in [2.75, 3.05) is 7.05 Å². The van der Waals surface area contributed by atoms with Crippen molar-refractivity contribution < 1.29 is 4.79 Å². The number of nitrogens with two attached hydrogens (primary N) is 1. The number of hydrogen-bond acceptors (Lipinski definition) is 2. The normalized spacial score (nSPS) is 11.2. The van der Waals surface area contributed by atoms with Crippen LogP contribution in [0.25, 0.3) is 0 Å². The molecule has 0 heterocycles. The van der Waals surface area contributed by atoms with Crippen LogP contribution in [0.1, 0.15) is 25.8 Å². The van der Waals surface area contributed by atoms with Crippen LogP contribution in [0.5, 0.6) is 0 Å². The van der Waals surface area contributed by atoms with E-state index in [1.165, 1.54) is 5.56 Å². The van der Waals surface area contributed by atoms with Crippen molar-refractivity contribution in [3.8, 4) is 0 Å². The van der Waals surface area contributed by atoms with Crippen molar-refractivity contribution in [3.05, 3.63) is 35.9 Å². The van der Waals surface area contributed by atoms with Crippen LogP contribution in [-0.4, -0.2) is 19.0 Å². The van der Waals surface area contributed by atoms with Gasteiger partial charge in [-0.2, -0.15) is 0 Å². The second-order valence-electron chi connectivity index (χ2n) is 3.27. The van der Waals surface area contributed by atoms with Crippen LogP contribution >= 0.6 is 0 Å². The summed E-state index contributed by atoms with van der Waals surface area (Å²) >= 11 is 0. The van der Waals surface area contributed by atoms with Gasteiger partial charge in [-0.25, -0.2) is 0 Å². The fourth-order valence-corrected chi connectivity index (χ4v) is 1.38. The summed E-state index contributed by atoms with van der Waals surface area (Å²) in [4.78, 5) is 10.9. The van der Waals surface area contributed by atoms with Gasteiger partial charge in [0.1, 0.15) is 0 Å². The molecule has 1 aromatic rings. The molecule has 0 bridgehead atoms. The van der Waals surface area contributed by atoms with Gasteiger partial charge < -0.3 is 11.1 Å². The fourth-order valence-electron chi connectivity index (χ4n) is 1.38. The number of benzene rings is 1. The van der Waals surface area contributed by atoms with Crippen LogP contribution in [-0.2, 0) is 11.2 Å². The predicted octanol–water partition coefficient (Wildman–Crippen LogP) is 1.72. The van der Waals surface area contributed by atoms with E-state index in [9.17, 15) is 4.79 Å². The van der Waals surface area contributed by atoms with Gasteiger partial charge in [0.25, 0.3) is 0 Å². The Morgan fingerprint density at radius 3 is 2.31 bits per heavy atom. The maximum Gasteiger partial charge on any atom is 0.234 e. The summed E-state index contributed by atoms with van der Waals surface area (Å²) in [7, 11) is 1.75. The SMILES string of the molecule is CC.CN[C@@H](CCc1ccccc1)C(N)=O. The Bertz CT molecular complexity index is 285. The van der Waals surface area contributed by atoms with Crippen LogP contribution in [0.15, 0.2) is 30.3 Å². The van der Waals surface area contributed by atoms with Crippen LogP contribution in [0, 0.1) is 0 Å². The van der Waals surface area contributed by atoms with Crippen LogP contribution in [0.4, 0.5) is 0 Å². The monoisotopic (exact) mass is 222 g/mol. The topological polar surface area (TPSA) is 55.1 Å². The fraction of sp³-hybridized carbons (Fsp3) is 0.462. The van der Waals surface area contributed by atoms with Crippen molar-refractivity contribution >= 4 is 5.91 Å². The Kier molecular flexibility index (Phi) is 8.17. The Labute approximate surface area is 98.0 Å². The maximum atomic E-state index is 10.9. The van der Waals surface area contributed by atoms with E-state index in [0.717, 1.165) is 12.8 Å². The Morgan fingerprint density at radius 2 is 1.88 bits per heavy atom. The molecule has 3 heteroatoms. The zero-order chi connectivity index (χ0) is 12.4. The summed E-state index contributed by atoms with van der Waals surface area (Å²) in [5.41, 5.74) is 6.44. The minimum absolute atomic E-state index is 0.227. The van der Waals surface area contributed by atoms with Crippen molar-refractivity contribution in [2.24, 2.45) is 5.73 Å². The first kappa shape index (κ1) is 14.6. The van der Waals surface area contributed by atoms with Gasteiger partial charge in [0.2, 0.25) is 5.91 Å². The molecule has 3 nitrogen and oxygen atoms in total. The number of carbonyl (C=O) groups excluding carboxylic acids is 1. The lowest BCUT2D eigenvalue weighted by Gasteiger charge is -2.11. The third-order valence-electron chi connectivity index (χ3n) is 2.26. The first-order chi connectivity index (χ1) is 7.74. The van der Waals surface area contributed by atoms with Crippen LogP contribution < -0.4 is 11.1 Å². The summed E-state index contributed by atoms with van der Waals surface area (Å²) in [5, 5.41) is 2.90. The van der Waals surface area contributed by atoms with Crippen molar-refractivity contribution in [1.82, 2.24) is 5.32 Å². The molecule has 0 aliphatic rings. The molecule has 0 radical (unpaired) electrons. The van der Waals surface area contributed by atoms with Crippen molar-refractivity contribution in [3.63, 3.8) is 0 Å². The standard InChI is InChI=1S/C11H16N2O.C2H6/c1-13-10(11(12)14)8-7-9-5-3-2-4-6-9;1-2/h2-6,10,13H,7-8H2,1H3,(H2,12,14);1-2H3/t10-;/m0./s1. The first-order valence-electron chi connectivity index (χ1n) is 5.74. The number of likely N-dealkylation sites (N-methyl/N-ethyl adjacent to an activating group) is 1. The largest absolute Gasteiger partial charge is 0.368 e. The molecule has 16 heavy (non-hydrogen) atoms. The highest BCUT2D eigenvalue weighted by Crippen LogP contribution is 2.04. The molecule has 0 aliphatic carbocycles. The van der Waals surface area contributed by atoms with Gasteiger partial charge in [-0.05, 0) is 25.5 Å². The zero-order valence-corrected chi connectivity index (χ0v) is 10.4. The lowest BCUT2D eigenvalue weighted by molar-refractivity contribution is -0.120. The van der Waals surface area contributed by atoms with E-state index < -0.39 is 0 Å². The number of primary amides is 1. The number of amides is 1. The van der Waals surface area contributed by atoms with E-state index in [-0.39, 0.29) is 11.9 Å². The maximum absolute atomic E-state index is 10.9. The Morgan fingerprint density at radius 1 is 1.31 bits per heavy atom. The van der Waals surface area contributed by atoms with E-state index in [1.54, 1.807) is 7.05 Å². The molecule has 1 atom stereocenters. The predicted molar refractivity (Wildman–Crippen MR) is 68.2 cm³/mol. The zero-order valence-electron chi connectivity index (χ0n) is 10.4. The molecular formula is C13H22N2O. The summed E-state index contributed by atoms with van der Waals surface area (Å²) in [6, 6.07) is 9.84. The second kappa shape index (κ2) is 8.92. The highest BCUT2D eigenvalue weighted by atomic mass is 16.1. The summed E-state index contributed by atoms with van der Waals surface area (Å²) < 4.78 is 0. The number of hydrogen-bond donors (Lipinski definition) is 2. The van der Waals surface area contributed by atoms with Crippen LogP contribution in [0.3, 0.4) is 0 Å². The summed E-state index contributed by atoms with van der Waals surface area (Å²) in [6.07, 6.45) is 1.62. The lowest BCUT2D eigenvalue weighted by Crippen LogP contribution is -2.39. The number of aryl methyl sites for hydroxylation is 1. The summed E-state index contributed by atoms with van der Waals surface area (Å²) in [5.74, 6) is -0.288. The van der Waals surface area contributed by atoms with Crippen LogP contribution in [0.2, 0.25) is 0 Å². The molecule has 3 N–H and O–H groups in total. The smallest absolute Gasteiger partial charge is 0.234 e. The van der Waals surface area contributed by atoms with Crippen molar-refractivity contribution in [1.29, 1.82) is 0 Å². The molecular weight excluding hydrogens is 200 g/mol. The van der Waals surface area contributed by atoms with Gasteiger partial charge in [0.15, 0.2) is 0 Å². The molecule has 0 saturated carbocycles. The van der Waals surface area contributed by atoms with Gasteiger partial charge in [-0.3, -0.25) is 4.79 Å². The lowest BCUT2D eigenvalue weighted by atomic mass is 10.1. The second-order valence-corrected chi connectivity index (χ2v) is 3.27. The minimum atomic E-state index is -0.288. The third-order valence-corrected chi connectivity index (χ3v) is 2.26. The third kappa shape index (κ3) is 5.51. The average molecular weight is 222 g/mol. The van der Waals surface area contributed by atoms with E-state index in [4.69, 9.17) is 5.73 Å².